The summed E-state index contributed by atoms with van der Waals surface area (Å²) in [7, 11) is 0. The second kappa shape index (κ2) is 6.45. The SMILES string of the molecule is Cl.NC1CCCC(C(=O)NCCC2CC2)C1. The van der Waals surface area contributed by atoms with Crippen molar-refractivity contribution in [3.05, 3.63) is 0 Å². The van der Waals surface area contributed by atoms with Crippen LogP contribution < -0.4 is 11.1 Å². The summed E-state index contributed by atoms with van der Waals surface area (Å²) in [5.41, 5.74) is 5.87. The topological polar surface area (TPSA) is 55.1 Å². The van der Waals surface area contributed by atoms with Gasteiger partial charge in [0.15, 0.2) is 0 Å². The maximum atomic E-state index is 11.8. The summed E-state index contributed by atoms with van der Waals surface area (Å²) in [6.07, 6.45) is 8.02. The minimum absolute atomic E-state index is 0. The molecule has 0 radical (unpaired) electrons. The van der Waals surface area contributed by atoms with E-state index in [0.717, 1.165) is 38.1 Å². The molecule has 3 N–H and O–H groups in total. The molecule has 2 unspecified atom stereocenters. The van der Waals surface area contributed by atoms with Gasteiger partial charge in [0, 0.05) is 18.5 Å². The van der Waals surface area contributed by atoms with Gasteiger partial charge in [0.25, 0.3) is 0 Å². The van der Waals surface area contributed by atoms with E-state index < -0.39 is 0 Å². The lowest BCUT2D eigenvalue weighted by Crippen LogP contribution is -2.38. The summed E-state index contributed by atoms with van der Waals surface area (Å²) < 4.78 is 0. The van der Waals surface area contributed by atoms with E-state index in [9.17, 15) is 4.79 Å². The van der Waals surface area contributed by atoms with Gasteiger partial charge < -0.3 is 11.1 Å². The maximum absolute atomic E-state index is 11.8. The lowest BCUT2D eigenvalue weighted by Gasteiger charge is -2.25. The number of carbonyl (C=O) groups is 1. The zero-order chi connectivity index (χ0) is 10.7. The van der Waals surface area contributed by atoms with E-state index in [1.165, 1.54) is 19.3 Å². The first kappa shape index (κ1) is 13.8. The molecule has 3 nitrogen and oxygen atoms in total. The van der Waals surface area contributed by atoms with Crippen LogP contribution >= 0.6 is 12.4 Å². The van der Waals surface area contributed by atoms with Crippen molar-refractivity contribution in [2.45, 2.75) is 51.0 Å². The molecule has 0 aromatic rings. The Hall–Kier alpha value is -0.280. The second-order valence-corrected chi connectivity index (χ2v) is 5.15. The molecule has 1 amide bonds. The average molecular weight is 247 g/mol. The molecule has 2 aliphatic rings. The minimum atomic E-state index is 0. The van der Waals surface area contributed by atoms with Gasteiger partial charge in [0.2, 0.25) is 5.91 Å². The predicted octanol–water partition coefficient (Wildman–Crippen LogP) is 1.84. The summed E-state index contributed by atoms with van der Waals surface area (Å²) in [6.45, 7) is 0.870. The monoisotopic (exact) mass is 246 g/mol. The summed E-state index contributed by atoms with van der Waals surface area (Å²) >= 11 is 0. The molecule has 2 fully saturated rings. The highest BCUT2D eigenvalue weighted by Gasteiger charge is 2.26. The standard InChI is InChI=1S/C12H22N2O.ClH/c13-11-3-1-2-10(8-11)12(15)14-7-6-9-4-5-9;/h9-11H,1-8,13H2,(H,14,15);1H. The molecular formula is C12H23ClN2O. The summed E-state index contributed by atoms with van der Waals surface area (Å²) in [6, 6.07) is 0.248. The third kappa shape index (κ3) is 4.30. The molecule has 2 aliphatic carbocycles. The third-order valence-corrected chi connectivity index (χ3v) is 3.63. The Morgan fingerprint density at radius 2 is 2.00 bits per heavy atom. The van der Waals surface area contributed by atoms with E-state index in [2.05, 4.69) is 5.32 Å². The van der Waals surface area contributed by atoms with Crippen molar-refractivity contribution in [1.29, 1.82) is 0 Å². The summed E-state index contributed by atoms with van der Waals surface area (Å²) in [4.78, 5) is 11.8. The molecule has 16 heavy (non-hydrogen) atoms. The number of halogens is 1. The van der Waals surface area contributed by atoms with E-state index in [4.69, 9.17) is 5.73 Å². The molecule has 0 aromatic heterocycles. The van der Waals surface area contributed by atoms with Crippen molar-refractivity contribution in [3.8, 4) is 0 Å². The Kier molecular flexibility index (Phi) is 5.56. The average Bonchev–Trinajstić information content (AvgIpc) is 3.01. The van der Waals surface area contributed by atoms with Gasteiger partial charge in [-0.15, -0.1) is 12.4 Å². The zero-order valence-corrected chi connectivity index (χ0v) is 10.6. The molecule has 2 saturated carbocycles. The molecule has 0 spiro atoms. The molecular weight excluding hydrogens is 224 g/mol. The smallest absolute Gasteiger partial charge is 0.223 e. The fourth-order valence-corrected chi connectivity index (χ4v) is 2.42. The zero-order valence-electron chi connectivity index (χ0n) is 9.78. The number of rotatable bonds is 4. The van der Waals surface area contributed by atoms with Crippen molar-refractivity contribution < 1.29 is 4.79 Å². The van der Waals surface area contributed by atoms with Crippen LogP contribution in [-0.4, -0.2) is 18.5 Å². The number of hydrogen-bond acceptors (Lipinski definition) is 2. The first-order chi connectivity index (χ1) is 7.25. The molecule has 0 aromatic carbocycles. The molecule has 0 heterocycles. The van der Waals surface area contributed by atoms with Crippen LogP contribution in [0.5, 0.6) is 0 Å². The predicted molar refractivity (Wildman–Crippen MR) is 67.5 cm³/mol. The van der Waals surface area contributed by atoms with Crippen molar-refractivity contribution in [3.63, 3.8) is 0 Å². The number of amides is 1. The van der Waals surface area contributed by atoms with Crippen LogP contribution in [0.25, 0.3) is 0 Å². The van der Waals surface area contributed by atoms with Crippen LogP contribution in [-0.2, 0) is 4.79 Å². The molecule has 94 valence electrons. The van der Waals surface area contributed by atoms with Gasteiger partial charge >= 0.3 is 0 Å². The van der Waals surface area contributed by atoms with Crippen LogP contribution in [0.15, 0.2) is 0 Å². The highest BCUT2D eigenvalue weighted by Crippen LogP contribution is 2.31. The van der Waals surface area contributed by atoms with Gasteiger partial charge in [-0.3, -0.25) is 4.79 Å². The molecule has 2 rings (SSSR count). The van der Waals surface area contributed by atoms with Crippen LogP contribution in [0.4, 0.5) is 0 Å². The Morgan fingerprint density at radius 3 is 2.62 bits per heavy atom. The fourth-order valence-electron chi connectivity index (χ4n) is 2.42. The Balaban J connectivity index is 0.00000128. The van der Waals surface area contributed by atoms with E-state index in [1.807, 2.05) is 0 Å². The van der Waals surface area contributed by atoms with Crippen molar-refractivity contribution in [2.24, 2.45) is 17.6 Å². The van der Waals surface area contributed by atoms with Crippen LogP contribution in [0, 0.1) is 11.8 Å². The number of hydrogen-bond donors (Lipinski definition) is 2. The molecule has 4 heteroatoms. The summed E-state index contributed by atoms with van der Waals surface area (Å²) in [5.74, 6) is 1.33. The van der Waals surface area contributed by atoms with Gasteiger partial charge in [-0.1, -0.05) is 19.3 Å². The van der Waals surface area contributed by atoms with Crippen LogP contribution in [0.2, 0.25) is 0 Å². The molecule has 0 saturated heterocycles. The number of carbonyl (C=O) groups excluding carboxylic acids is 1. The Labute approximate surface area is 104 Å². The molecule has 0 aliphatic heterocycles. The van der Waals surface area contributed by atoms with Gasteiger partial charge in [0.05, 0.1) is 0 Å². The van der Waals surface area contributed by atoms with Gasteiger partial charge in [0.1, 0.15) is 0 Å². The maximum Gasteiger partial charge on any atom is 0.223 e. The lowest BCUT2D eigenvalue weighted by atomic mass is 9.85. The molecule has 0 bridgehead atoms. The quantitative estimate of drug-likeness (QED) is 0.796. The first-order valence-corrected chi connectivity index (χ1v) is 6.29. The Bertz CT molecular complexity index is 231. The third-order valence-electron chi connectivity index (χ3n) is 3.63. The number of nitrogens with two attached hydrogens (primary N) is 1. The van der Waals surface area contributed by atoms with E-state index in [1.54, 1.807) is 0 Å². The Morgan fingerprint density at radius 1 is 1.25 bits per heavy atom. The van der Waals surface area contributed by atoms with E-state index >= 15 is 0 Å². The minimum Gasteiger partial charge on any atom is -0.356 e. The second-order valence-electron chi connectivity index (χ2n) is 5.15. The summed E-state index contributed by atoms with van der Waals surface area (Å²) in [5, 5.41) is 3.05. The van der Waals surface area contributed by atoms with Crippen LogP contribution in [0.3, 0.4) is 0 Å². The van der Waals surface area contributed by atoms with Crippen molar-refractivity contribution >= 4 is 18.3 Å². The van der Waals surface area contributed by atoms with E-state index in [0.29, 0.717) is 0 Å². The highest BCUT2D eigenvalue weighted by molar-refractivity contribution is 5.85. The largest absolute Gasteiger partial charge is 0.356 e. The normalized spacial score (nSPS) is 29.3. The van der Waals surface area contributed by atoms with Crippen molar-refractivity contribution in [1.82, 2.24) is 5.32 Å². The van der Waals surface area contributed by atoms with Gasteiger partial charge in [-0.2, -0.15) is 0 Å². The van der Waals surface area contributed by atoms with Crippen LogP contribution in [0.1, 0.15) is 44.9 Å². The van der Waals surface area contributed by atoms with Gasteiger partial charge in [-0.25, -0.2) is 0 Å². The van der Waals surface area contributed by atoms with Gasteiger partial charge in [-0.05, 0) is 31.6 Å². The highest BCUT2D eigenvalue weighted by atomic mass is 35.5. The van der Waals surface area contributed by atoms with Crippen molar-refractivity contribution in [2.75, 3.05) is 6.54 Å². The fraction of sp³-hybridized carbons (Fsp3) is 0.917. The first-order valence-electron chi connectivity index (χ1n) is 6.29. The molecule has 2 atom stereocenters. The number of nitrogens with one attached hydrogen (secondary N) is 1. The van der Waals surface area contributed by atoms with E-state index in [-0.39, 0.29) is 30.3 Å². The lowest BCUT2D eigenvalue weighted by molar-refractivity contribution is -0.126.